The molecule has 16 heavy (non-hydrogen) atoms. The summed E-state index contributed by atoms with van der Waals surface area (Å²) < 4.78 is 15.7. The maximum atomic E-state index is 11.9. The van der Waals surface area contributed by atoms with E-state index in [-0.39, 0.29) is 5.78 Å². The summed E-state index contributed by atoms with van der Waals surface area (Å²) in [6.07, 6.45) is 1.63. The summed E-state index contributed by atoms with van der Waals surface area (Å²) in [5.41, 5.74) is 0.455. The van der Waals surface area contributed by atoms with E-state index in [2.05, 4.69) is 0 Å². The van der Waals surface area contributed by atoms with Gasteiger partial charge in [0.05, 0.1) is 14.2 Å². The third-order valence-corrected chi connectivity index (χ3v) is 2.43. The number of carbonyl (C=O) groups is 1. The Hall–Kier alpha value is -1.97. The molecule has 0 atom stereocenters. The molecule has 1 aromatic carbocycles. The summed E-state index contributed by atoms with van der Waals surface area (Å²) in [7, 11) is 3.06. The number of ketones is 1. The number of hydrogen-bond donors (Lipinski definition) is 0. The Morgan fingerprint density at radius 3 is 2.56 bits per heavy atom. The Balaban J connectivity index is 2.60. The van der Waals surface area contributed by atoms with Gasteiger partial charge in [-0.3, -0.25) is 4.79 Å². The first-order valence-electron chi connectivity index (χ1n) is 4.86. The lowest BCUT2D eigenvalue weighted by Gasteiger charge is -2.07. The highest BCUT2D eigenvalue weighted by Gasteiger charge is 2.31. The van der Waals surface area contributed by atoms with Gasteiger partial charge in [0.1, 0.15) is 22.8 Å². The normalized spacial score (nSPS) is 15.9. The van der Waals surface area contributed by atoms with Crippen LogP contribution in [0.15, 0.2) is 24.0 Å². The van der Waals surface area contributed by atoms with Crippen molar-refractivity contribution in [2.24, 2.45) is 0 Å². The number of allylic oxidation sites excluding steroid dienone is 2. The summed E-state index contributed by atoms with van der Waals surface area (Å²) in [6.45, 7) is 1.75. The van der Waals surface area contributed by atoms with Crippen LogP contribution in [0.2, 0.25) is 0 Å². The third kappa shape index (κ3) is 1.43. The quantitative estimate of drug-likeness (QED) is 0.716. The number of benzene rings is 1. The van der Waals surface area contributed by atoms with Crippen LogP contribution in [0.3, 0.4) is 0 Å². The molecule has 2 rings (SSSR count). The van der Waals surface area contributed by atoms with Crippen molar-refractivity contribution in [3.05, 3.63) is 29.5 Å². The first-order chi connectivity index (χ1) is 7.71. The van der Waals surface area contributed by atoms with Crippen LogP contribution in [-0.2, 0) is 0 Å². The fourth-order valence-electron chi connectivity index (χ4n) is 1.63. The number of fused-ring (bicyclic) bond motifs is 1. The van der Waals surface area contributed by atoms with Gasteiger partial charge in [-0.25, -0.2) is 0 Å². The smallest absolute Gasteiger partial charge is 0.235 e. The molecule has 0 aromatic heterocycles. The molecule has 1 aliphatic rings. The van der Waals surface area contributed by atoms with Crippen LogP contribution in [0.5, 0.6) is 17.2 Å². The largest absolute Gasteiger partial charge is 0.496 e. The minimum atomic E-state index is -0.156. The van der Waals surface area contributed by atoms with Crippen LogP contribution < -0.4 is 14.2 Å². The Labute approximate surface area is 93.4 Å². The molecular weight excluding hydrogens is 208 g/mol. The third-order valence-electron chi connectivity index (χ3n) is 2.43. The molecule has 0 bridgehead atoms. The van der Waals surface area contributed by atoms with E-state index < -0.39 is 0 Å². The van der Waals surface area contributed by atoms with Gasteiger partial charge in [-0.05, 0) is 13.0 Å². The van der Waals surface area contributed by atoms with E-state index in [9.17, 15) is 4.79 Å². The van der Waals surface area contributed by atoms with Gasteiger partial charge in [-0.2, -0.15) is 0 Å². The summed E-state index contributed by atoms with van der Waals surface area (Å²) in [5, 5.41) is 0. The van der Waals surface area contributed by atoms with Crippen molar-refractivity contribution in [3.8, 4) is 17.2 Å². The molecular formula is C12H12O4. The lowest BCUT2D eigenvalue weighted by atomic mass is 10.1. The standard InChI is InChI=1S/C12H12O4/c1-4-8-12(13)11-9(15-3)5-7(14-2)6-10(11)16-8/h4-6H,1-3H3/b8-4-. The van der Waals surface area contributed by atoms with Crippen LogP contribution in [0.1, 0.15) is 17.3 Å². The predicted octanol–water partition coefficient (Wildman–Crippen LogP) is 2.18. The zero-order valence-electron chi connectivity index (χ0n) is 9.37. The second kappa shape index (κ2) is 3.89. The monoisotopic (exact) mass is 220 g/mol. The molecule has 0 saturated heterocycles. The van der Waals surface area contributed by atoms with Crippen molar-refractivity contribution in [2.45, 2.75) is 6.92 Å². The van der Waals surface area contributed by atoms with Gasteiger partial charge in [-0.15, -0.1) is 0 Å². The molecule has 0 aliphatic carbocycles. The molecule has 4 nitrogen and oxygen atoms in total. The second-order valence-electron chi connectivity index (χ2n) is 3.29. The number of carbonyl (C=O) groups excluding carboxylic acids is 1. The first kappa shape index (κ1) is 10.5. The van der Waals surface area contributed by atoms with Crippen LogP contribution in [0, 0.1) is 0 Å². The van der Waals surface area contributed by atoms with Crippen LogP contribution in [-0.4, -0.2) is 20.0 Å². The van der Waals surface area contributed by atoms with Crippen molar-refractivity contribution >= 4 is 5.78 Å². The highest BCUT2D eigenvalue weighted by molar-refractivity contribution is 6.14. The Morgan fingerprint density at radius 1 is 1.25 bits per heavy atom. The number of methoxy groups -OCH3 is 2. The number of hydrogen-bond acceptors (Lipinski definition) is 4. The van der Waals surface area contributed by atoms with E-state index in [0.717, 1.165) is 0 Å². The highest BCUT2D eigenvalue weighted by atomic mass is 16.5. The molecule has 0 spiro atoms. The summed E-state index contributed by atoms with van der Waals surface area (Å²) in [4.78, 5) is 11.9. The summed E-state index contributed by atoms with van der Waals surface area (Å²) >= 11 is 0. The fraction of sp³-hybridized carbons (Fsp3) is 0.250. The molecule has 4 heteroatoms. The molecule has 1 aliphatic heterocycles. The molecule has 1 aromatic rings. The molecule has 0 amide bonds. The van der Waals surface area contributed by atoms with Crippen LogP contribution in [0.4, 0.5) is 0 Å². The number of Topliss-reactive ketones (excluding diaryl/α,β-unsaturated/α-hetero) is 1. The lowest BCUT2D eigenvalue weighted by molar-refractivity contribution is 0.101. The summed E-state index contributed by atoms with van der Waals surface area (Å²) in [5.74, 6) is 1.71. The Bertz CT molecular complexity index is 474. The van der Waals surface area contributed by atoms with Gasteiger partial charge in [0.15, 0.2) is 5.76 Å². The van der Waals surface area contributed by atoms with Gasteiger partial charge in [0.2, 0.25) is 5.78 Å². The highest BCUT2D eigenvalue weighted by Crippen LogP contribution is 2.40. The van der Waals surface area contributed by atoms with E-state index in [1.54, 1.807) is 32.2 Å². The average molecular weight is 220 g/mol. The summed E-state index contributed by atoms with van der Waals surface area (Å²) in [6, 6.07) is 3.34. The molecule has 0 radical (unpaired) electrons. The zero-order valence-corrected chi connectivity index (χ0v) is 9.37. The van der Waals surface area contributed by atoms with E-state index >= 15 is 0 Å². The SMILES string of the molecule is C/C=C1\Oc2cc(OC)cc(OC)c2C1=O. The fourth-order valence-corrected chi connectivity index (χ4v) is 1.63. The maximum absolute atomic E-state index is 11.9. The van der Waals surface area contributed by atoms with Crippen LogP contribution >= 0.6 is 0 Å². The van der Waals surface area contributed by atoms with Crippen molar-refractivity contribution in [3.63, 3.8) is 0 Å². The van der Waals surface area contributed by atoms with Gasteiger partial charge < -0.3 is 14.2 Å². The van der Waals surface area contributed by atoms with E-state index in [4.69, 9.17) is 14.2 Å². The molecule has 0 unspecified atom stereocenters. The minimum Gasteiger partial charge on any atom is -0.496 e. The average Bonchev–Trinajstić information content (AvgIpc) is 2.65. The Kier molecular flexibility index (Phi) is 2.56. The number of rotatable bonds is 2. The van der Waals surface area contributed by atoms with E-state index in [0.29, 0.717) is 28.6 Å². The lowest BCUT2D eigenvalue weighted by Crippen LogP contribution is -1.99. The van der Waals surface area contributed by atoms with E-state index in [1.807, 2.05) is 0 Å². The molecule has 84 valence electrons. The van der Waals surface area contributed by atoms with Gasteiger partial charge in [0.25, 0.3) is 0 Å². The van der Waals surface area contributed by atoms with Gasteiger partial charge in [0, 0.05) is 12.1 Å². The first-order valence-corrected chi connectivity index (χ1v) is 4.86. The van der Waals surface area contributed by atoms with E-state index in [1.165, 1.54) is 7.11 Å². The van der Waals surface area contributed by atoms with Gasteiger partial charge in [-0.1, -0.05) is 0 Å². The predicted molar refractivity (Wildman–Crippen MR) is 58.3 cm³/mol. The molecule has 1 heterocycles. The minimum absolute atomic E-state index is 0.156. The maximum Gasteiger partial charge on any atom is 0.235 e. The second-order valence-corrected chi connectivity index (χ2v) is 3.29. The van der Waals surface area contributed by atoms with Gasteiger partial charge >= 0.3 is 0 Å². The van der Waals surface area contributed by atoms with Crippen molar-refractivity contribution in [1.29, 1.82) is 0 Å². The van der Waals surface area contributed by atoms with Crippen molar-refractivity contribution in [1.82, 2.24) is 0 Å². The van der Waals surface area contributed by atoms with Crippen LogP contribution in [0.25, 0.3) is 0 Å². The topological polar surface area (TPSA) is 44.8 Å². The van der Waals surface area contributed by atoms with Crippen molar-refractivity contribution < 1.29 is 19.0 Å². The Morgan fingerprint density at radius 2 is 2.00 bits per heavy atom. The van der Waals surface area contributed by atoms with Crippen molar-refractivity contribution in [2.75, 3.05) is 14.2 Å². The molecule has 0 N–H and O–H groups in total. The zero-order chi connectivity index (χ0) is 11.7. The number of ether oxygens (including phenoxy) is 3. The molecule has 0 saturated carbocycles. The molecule has 0 fully saturated rings.